The number of hydrogen-bond acceptors (Lipinski definition) is 7. The van der Waals surface area contributed by atoms with Crippen molar-refractivity contribution < 1.29 is 33.1 Å². The number of esters is 1. The smallest absolute Gasteiger partial charge is 0.457 e. The summed E-state index contributed by atoms with van der Waals surface area (Å²) >= 11 is 0. The Labute approximate surface area is 169 Å². The number of allylic oxidation sites excluding steroid dienone is 2. The lowest BCUT2D eigenvalue weighted by Crippen LogP contribution is -2.27. The predicted molar refractivity (Wildman–Crippen MR) is 109 cm³/mol. The number of ether oxygens (including phenoxy) is 1. The van der Waals surface area contributed by atoms with Gasteiger partial charge in [0.05, 0.1) is 19.8 Å². The molecule has 0 aromatic heterocycles. The Bertz CT molecular complexity index is 460. The summed E-state index contributed by atoms with van der Waals surface area (Å²) in [6, 6.07) is 0. The minimum Gasteiger partial charge on any atom is -0.457 e. The predicted octanol–water partition coefficient (Wildman–Crippen LogP) is 3.46. The van der Waals surface area contributed by atoms with Crippen molar-refractivity contribution in [2.24, 2.45) is 5.73 Å². The summed E-state index contributed by atoms with van der Waals surface area (Å²) in [5.74, 6) is -0.461. The molecular formula is C19H38NO7P. The van der Waals surface area contributed by atoms with Crippen LogP contribution in [0, 0.1) is 0 Å². The van der Waals surface area contributed by atoms with Crippen molar-refractivity contribution in [1.29, 1.82) is 0 Å². The zero-order valence-corrected chi connectivity index (χ0v) is 18.0. The lowest BCUT2D eigenvalue weighted by Gasteiger charge is -2.17. The van der Waals surface area contributed by atoms with E-state index in [4.69, 9.17) is 10.5 Å². The second-order valence-corrected chi connectivity index (χ2v) is 8.05. The SMILES string of the molecule is CCCCC=CCCCCCCCC(=O)O[C@H](CO)COP(=O)(O)OCCN. The fraction of sp³-hybridized carbons (Fsp3) is 0.842. The minimum atomic E-state index is -4.25. The molecule has 0 saturated carbocycles. The topological polar surface area (TPSA) is 128 Å². The Balaban J connectivity index is 3.75. The number of aliphatic hydroxyl groups excluding tert-OH is 1. The number of nitrogens with two attached hydrogens (primary N) is 1. The minimum absolute atomic E-state index is 0.0714. The van der Waals surface area contributed by atoms with Crippen molar-refractivity contribution in [3.05, 3.63) is 12.2 Å². The quantitative estimate of drug-likeness (QED) is 0.125. The van der Waals surface area contributed by atoms with Crippen LogP contribution in [-0.4, -0.2) is 48.4 Å². The number of rotatable bonds is 19. The van der Waals surface area contributed by atoms with Gasteiger partial charge in [0.15, 0.2) is 0 Å². The van der Waals surface area contributed by atoms with Crippen LogP contribution >= 0.6 is 7.82 Å². The standard InChI is InChI=1S/C19H38NO7P/c1-2-3-4-5-6-7-8-9-10-11-12-13-19(22)27-18(16-21)17-26-28(23,24)25-15-14-20/h5-6,18,21H,2-4,7-17,20H2,1H3,(H,23,24)/t18-/m1/s1. The molecule has 8 nitrogen and oxygen atoms in total. The maximum Gasteiger partial charge on any atom is 0.472 e. The van der Waals surface area contributed by atoms with Crippen LogP contribution < -0.4 is 5.73 Å². The molecule has 2 atom stereocenters. The number of carbonyl (C=O) groups is 1. The maximum atomic E-state index is 11.8. The molecule has 0 saturated heterocycles. The monoisotopic (exact) mass is 423 g/mol. The van der Waals surface area contributed by atoms with E-state index in [2.05, 4.69) is 28.1 Å². The van der Waals surface area contributed by atoms with Gasteiger partial charge in [-0.1, -0.05) is 51.2 Å². The number of carbonyl (C=O) groups excluding carboxylic acids is 1. The van der Waals surface area contributed by atoms with Gasteiger partial charge in [-0.15, -0.1) is 0 Å². The molecule has 0 spiro atoms. The van der Waals surface area contributed by atoms with Gasteiger partial charge >= 0.3 is 13.8 Å². The molecule has 0 fully saturated rings. The largest absolute Gasteiger partial charge is 0.472 e. The first kappa shape index (κ1) is 27.2. The molecule has 0 radical (unpaired) electrons. The van der Waals surface area contributed by atoms with Gasteiger partial charge in [0.2, 0.25) is 0 Å². The second kappa shape index (κ2) is 18.3. The maximum absolute atomic E-state index is 11.8. The van der Waals surface area contributed by atoms with Crippen molar-refractivity contribution in [2.45, 2.75) is 77.2 Å². The van der Waals surface area contributed by atoms with Crippen molar-refractivity contribution in [3.8, 4) is 0 Å². The third kappa shape index (κ3) is 17.3. The van der Waals surface area contributed by atoms with Gasteiger partial charge in [-0.25, -0.2) is 4.57 Å². The fourth-order valence-electron chi connectivity index (χ4n) is 2.37. The second-order valence-electron chi connectivity index (χ2n) is 6.60. The van der Waals surface area contributed by atoms with Crippen molar-refractivity contribution in [1.82, 2.24) is 0 Å². The Kier molecular flexibility index (Phi) is 17.8. The van der Waals surface area contributed by atoms with Crippen LogP contribution in [0.4, 0.5) is 0 Å². The first-order chi connectivity index (χ1) is 13.4. The van der Waals surface area contributed by atoms with Gasteiger partial charge in [-0.2, -0.15) is 0 Å². The summed E-state index contributed by atoms with van der Waals surface area (Å²) in [6.07, 6.45) is 13.5. The third-order valence-electron chi connectivity index (χ3n) is 3.94. The highest BCUT2D eigenvalue weighted by molar-refractivity contribution is 7.47. The molecule has 0 rings (SSSR count). The van der Waals surface area contributed by atoms with E-state index in [-0.39, 0.29) is 19.6 Å². The molecule has 1 unspecified atom stereocenters. The van der Waals surface area contributed by atoms with E-state index in [1.54, 1.807) is 0 Å². The van der Waals surface area contributed by atoms with E-state index in [0.717, 1.165) is 38.5 Å². The van der Waals surface area contributed by atoms with E-state index in [1.807, 2.05) is 0 Å². The number of aliphatic hydroxyl groups is 1. The highest BCUT2D eigenvalue weighted by Gasteiger charge is 2.24. The van der Waals surface area contributed by atoms with Crippen LogP contribution in [0.15, 0.2) is 12.2 Å². The average Bonchev–Trinajstić information content (AvgIpc) is 2.67. The Hall–Kier alpha value is -0.760. The first-order valence-electron chi connectivity index (χ1n) is 10.2. The summed E-state index contributed by atoms with van der Waals surface area (Å²) in [5, 5.41) is 9.21. The molecule has 9 heteroatoms. The van der Waals surface area contributed by atoms with Crippen LogP contribution in [0.1, 0.15) is 71.1 Å². The van der Waals surface area contributed by atoms with Crippen molar-refractivity contribution >= 4 is 13.8 Å². The summed E-state index contributed by atoms with van der Waals surface area (Å²) in [6.45, 7) is 1.20. The lowest BCUT2D eigenvalue weighted by atomic mass is 10.1. The van der Waals surface area contributed by atoms with Crippen LogP contribution in [0.25, 0.3) is 0 Å². The number of phosphoric ester groups is 1. The van der Waals surface area contributed by atoms with Crippen molar-refractivity contribution in [2.75, 3.05) is 26.4 Å². The van der Waals surface area contributed by atoms with E-state index < -0.39 is 33.1 Å². The Morgan fingerprint density at radius 2 is 1.71 bits per heavy atom. The molecule has 0 aliphatic carbocycles. The van der Waals surface area contributed by atoms with Gasteiger partial charge in [0.1, 0.15) is 6.10 Å². The molecule has 0 heterocycles. The molecular weight excluding hydrogens is 385 g/mol. The van der Waals surface area contributed by atoms with E-state index in [9.17, 15) is 19.4 Å². The van der Waals surface area contributed by atoms with Crippen molar-refractivity contribution in [3.63, 3.8) is 0 Å². The highest BCUT2D eigenvalue weighted by atomic mass is 31.2. The Morgan fingerprint density at radius 1 is 1.07 bits per heavy atom. The summed E-state index contributed by atoms with van der Waals surface area (Å²) in [4.78, 5) is 21.2. The zero-order valence-electron chi connectivity index (χ0n) is 17.1. The zero-order chi connectivity index (χ0) is 21.1. The molecule has 4 N–H and O–H groups in total. The van der Waals surface area contributed by atoms with Gasteiger partial charge in [0.25, 0.3) is 0 Å². The number of unbranched alkanes of at least 4 members (excludes halogenated alkanes) is 7. The molecule has 0 aromatic carbocycles. The van der Waals surface area contributed by atoms with E-state index >= 15 is 0 Å². The fourth-order valence-corrected chi connectivity index (χ4v) is 3.14. The number of phosphoric acid groups is 1. The van der Waals surface area contributed by atoms with Crippen LogP contribution in [0.5, 0.6) is 0 Å². The molecule has 0 amide bonds. The van der Waals surface area contributed by atoms with E-state index in [1.165, 1.54) is 12.8 Å². The first-order valence-corrected chi connectivity index (χ1v) is 11.7. The summed E-state index contributed by atoms with van der Waals surface area (Å²) in [5.41, 5.74) is 5.17. The van der Waals surface area contributed by atoms with Crippen LogP contribution in [0.2, 0.25) is 0 Å². The Morgan fingerprint density at radius 3 is 2.36 bits per heavy atom. The highest BCUT2D eigenvalue weighted by Crippen LogP contribution is 2.42. The van der Waals surface area contributed by atoms with Gasteiger partial charge in [-0.3, -0.25) is 13.8 Å². The van der Waals surface area contributed by atoms with Gasteiger partial charge in [-0.05, 0) is 25.7 Å². The average molecular weight is 423 g/mol. The molecule has 166 valence electrons. The number of hydrogen-bond donors (Lipinski definition) is 3. The third-order valence-corrected chi connectivity index (χ3v) is 4.92. The summed E-state index contributed by atoms with van der Waals surface area (Å²) in [7, 11) is -4.25. The van der Waals surface area contributed by atoms with Crippen LogP contribution in [0.3, 0.4) is 0 Å². The van der Waals surface area contributed by atoms with Gasteiger partial charge < -0.3 is 20.5 Å². The molecule has 28 heavy (non-hydrogen) atoms. The van der Waals surface area contributed by atoms with Gasteiger partial charge in [0, 0.05) is 13.0 Å². The molecule has 0 bridgehead atoms. The summed E-state index contributed by atoms with van der Waals surface area (Å²) < 4.78 is 25.8. The molecule has 0 aliphatic heterocycles. The van der Waals surface area contributed by atoms with Crippen LogP contribution in [-0.2, 0) is 23.1 Å². The molecule has 0 aliphatic rings. The normalized spacial score (nSPS) is 14.9. The molecule has 0 aromatic rings. The van der Waals surface area contributed by atoms with E-state index in [0.29, 0.717) is 6.42 Å². The lowest BCUT2D eigenvalue weighted by molar-refractivity contribution is -0.153.